The first-order valence-corrected chi connectivity index (χ1v) is 9.29. The van der Waals surface area contributed by atoms with E-state index in [0.29, 0.717) is 21.1 Å². The van der Waals surface area contributed by atoms with Crippen LogP contribution >= 0.6 is 0 Å². The van der Waals surface area contributed by atoms with Gasteiger partial charge in [-0.25, -0.2) is 4.79 Å². The van der Waals surface area contributed by atoms with E-state index in [1.807, 2.05) is 0 Å². The number of imide groups is 1. The Morgan fingerprint density at radius 3 is 2.17 bits per heavy atom. The van der Waals surface area contributed by atoms with E-state index >= 15 is 0 Å². The maximum absolute atomic E-state index is 13.0. The SMILES string of the molecule is COc1ccc(C2(C)NC(=O)N(CC(=O)N(CC(C)(C)C)CC(F)(F)F)C2=O)cc1. The lowest BCUT2D eigenvalue weighted by molar-refractivity contribution is -0.164. The van der Waals surface area contributed by atoms with Crippen molar-refractivity contribution in [2.45, 2.75) is 39.4 Å². The zero-order chi connectivity index (χ0) is 22.9. The van der Waals surface area contributed by atoms with Gasteiger partial charge in [-0.3, -0.25) is 14.5 Å². The Morgan fingerprint density at radius 2 is 1.70 bits per heavy atom. The standard InChI is InChI=1S/C20H26F3N3O4/c1-18(2,3)11-25(12-20(21,22)23)15(27)10-26-16(28)19(4,24-17(26)29)13-6-8-14(30-5)9-7-13/h6-9H,10-12H2,1-5H3,(H,24,29). The summed E-state index contributed by atoms with van der Waals surface area (Å²) in [5.74, 6) is -1.12. The number of halogens is 3. The number of amides is 4. The fourth-order valence-electron chi connectivity index (χ4n) is 3.22. The van der Waals surface area contributed by atoms with Crippen LogP contribution in [0.3, 0.4) is 0 Å². The van der Waals surface area contributed by atoms with Gasteiger partial charge in [-0.1, -0.05) is 32.9 Å². The predicted octanol–water partition coefficient (Wildman–Crippen LogP) is 2.90. The topological polar surface area (TPSA) is 79.0 Å². The minimum Gasteiger partial charge on any atom is -0.497 e. The minimum atomic E-state index is -4.60. The molecule has 1 aliphatic heterocycles. The highest BCUT2D eigenvalue weighted by Gasteiger charge is 2.50. The lowest BCUT2D eigenvalue weighted by atomic mass is 9.92. The Morgan fingerprint density at radius 1 is 1.13 bits per heavy atom. The fourth-order valence-corrected chi connectivity index (χ4v) is 3.22. The number of hydrogen-bond acceptors (Lipinski definition) is 4. The summed E-state index contributed by atoms with van der Waals surface area (Å²) in [5.41, 5.74) is -1.59. The van der Waals surface area contributed by atoms with E-state index in [2.05, 4.69) is 5.32 Å². The monoisotopic (exact) mass is 429 g/mol. The van der Waals surface area contributed by atoms with Crippen molar-refractivity contribution in [2.75, 3.05) is 26.7 Å². The molecule has 1 heterocycles. The van der Waals surface area contributed by atoms with E-state index < -0.39 is 48.1 Å². The number of carbonyl (C=O) groups is 3. The zero-order valence-electron chi connectivity index (χ0n) is 17.6. The molecule has 7 nitrogen and oxygen atoms in total. The van der Waals surface area contributed by atoms with E-state index in [0.717, 1.165) is 0 Å². The number of benzene rings is 1. The molecule has 1 unspecified atom stereocenters. The molecule has 0 spiro atoms. The van der Waals surface area contributed by atoms with Crippen LogP contribution in [-0.4, -0.2) is 60.6 Å². The lowest BCUT2D eigenvalue weighted by Gasteiger charge is -2.31. The molecule has 0 aliphatic carbocycles. The molecule has 166 valence electrons. The van der Waals surface area contributed by atoms with E-state index in [4.69, 9.17) is 4.74 Å². The molecule has 10 heteroatoms. The summed E-state index contributed by atoms with van der Waals surface area (Å²) in [6.45, 7) is 4.15. The van der Waals surface area contributed by atoms with Crippen molar-refractivity contribution in [3.63, 3.8) is 0 Å². The second kappa shape index (κ2) is 8.16. The number of hydrogen-bond donors (Lipinski definition) is 1. The predicted molar refractivity (Wildman–Crippen MR) is 103 cm³/mol. The van der Waals surface area contributed by atoms with E-state index in [1.165, 1.54) is 14.0 Å². The highest BCUT2D eigenvalue weighted by molar-refractivity contribution is 6.09. The van der Waals surface area contributed by atoms with Gasteiger partial charge in [0.1, 0.15) is 24.4 Å². The second-order valence-corrected chi connectivity index (χ2v) is 8.60. The molecule has 1 atom stereocenters. The van der Waals surface area contributed by atoms with Gasteiger partial charge in [0.25, 0.3) is 5.91 Å². The van der Waals surface area contributed by atoms with Gasteiger partial charge in [0.15, 0.2) is 0 Å². The van der Waals surface area contributed by atoms with Crippen LogP contribution in [0.25, 0.3) is 0 Å². The van der Waals surface area contributed by atoms with Crippen LogP contribution in [0.15, 0.2) is 24.3 Å². The van der Waals surface area contributed by atoms with Crippen LogP contribution in [0.1, 0.15) is 33.3 Å². The summed E-state index contributed by atoms with van der Waals surface area (Å²) in [4.78, 5) is 39.2. The van der Waals surface area contributed by atoms with Crippen molar-refractivity contribution in [1.82, 2.24) is 15.1 Å². The maximum atomic E-state index is 13.0. The molecule has 30 heavy (non-hydrogen) atoms. The average Bonchev–Trinajstić information content (AvgIpc) is 2.83. The third-order valence-corrected chi connectivity index (χ3v) is 4.62. The quantitative estimate of drug-likeness (QED) is 0.706. The fraction of sp³-hybridized carbons (Fsp3) is 0.550. The number of ether oxygens (including phenoxy) is 1. The molecular weight excluding hydrogens is 403 g/mol. The highest BCUT2D eigenvalue weighted by atomic mass is 19.4. The number of rotatable bonds is 6. The summed E-state index contributed by atoms with van der Waals surface area (Å²) in [7, 11) is 1.48. The number of nitrogens with zero attached hydrogens (tertiary/aromatic N) is 2. The van der Waals surface area contributed by atoms with Crippen molar-refractivity contribution in [3.05, 3.63) is 29.8 Å². The first kappa shape index (κ1) is 23.5. The van der Waals surface area contributed by atoms with Gasteiger partial charge in [0, 0.05) is 6.54 Å². The number of methoxy groups -OCH3 is 1. The summed E-state index contributed by atoms with van der Waals surface area (Å²) in [5, 5.41) is 2.53. The molecule has 4 amide bonds. The van der Waals surface area contributed by atoms with Gasteiger partial charge < -0.3 is 15.0 Å². The first-order valence-electron chi connectivity index (χ1n) is 9.29. The smallest absolute Gasteiger partial charge is 0.406 e. The largest absolute Gasteiger partial charge is 0.497 e. The van der Waals surface area contributed by atoms with Crippen LogP contribution in [-0.2, 0) is 15.1 Å². The maximum Gasteiger partial charge on any atom is 0.406 e. The van der Waals surface area contributed by atoms with Gasteiger partial charge in [-0.15, -0.1) is 0 Å². The molecule has 1 aliphatic rings. The molecule has 0 saturated carbocycles. The Kier molecular flexibility index (Phi) is 6.39. The zero-order valence-corrected chi connectivity index (χ0v) is 17.6. The van der Waals surface area contributed by atoms with Gasteiger partial charge in [0.2, 0.25) is 5.91 Å². The first-order chi connectivity index (χ1) is 13.7. The summed E-state index contributed by atoms with van der Waals surface area (Å²) in [6, 6.07) is 5.58. The molecule has 2 rings (SSSR count). The Balaban J connectivity index is 2.22. The van der Waals surface area contributed by atoms with Crippen LogP contribution in [0.4, 0.5) is 18.0 Å². The minimum absolute atomic E-state index is 0.176. The van der Waals surface area contributed by atoms with Crippen LogP contribution < -0.4 is 10.1 Å². The van der Waals surface area contributed by atoms with Crippen molar-refractivity contribution in [2.24, 2.45) is 5.41 Å². The molecule has 1 aromatic rings. The number of urea groups is 1. The number of nitrogens with one attached hydrogen (secondary N) is 1. The highest BCUT2D eigenvalue weighted by Crippen LogP contribution is 2.30. The Labute approximate surface area is 173 Å². The van der Waals surface area contributed by atoms with Crippen molar-refractivity contribution in [1.29, 1.82) is 0 Å². The Hall–Kier alpha value is -2.78. The molecule has 1 saturated heterocycles. The molecule has 1 N–H and O–H groups in total. The third kappa shape index (κ3) is 5.43. The average molecular weight is 429 g/mol. The number of alkyl halides is 3. The van der Waals surface area contributed by atoms with Crippen molar-refractivity contribution >= 4 is 17.8 Å². The third-order valence-electron chi connectivity index (χ3n) is 4.62. The molecule has 0 aromatic heterocycles. The van der Waals surface area contributed by atoms with E-state index in [9.17, 15) is 27.6 Å². The normalized spacial score (nSPS) is 19.7. The molecule has 1 fully saturated rings. The van der Waals surface area contributed by atoms with Crippen molar-refractivity contribution in [3.8, 4) is 5.75 Å². The van der Waals surface area contributed by atoms with Gasteiger partial charge in [-0.2, -0.15) is 13.2 Å². The van der Waals surface area contributed by atoms with Gasteiger partial charge >= 0.3 is 12.2 Å². The molecular formula is C20H26F3N3O4. The summed E-state index contributed by atoms with van der Waals surface area (Å²) in [6.07, 6.45) is -4.60. The molecule has 0 bridgehead atoms. The van der Waals surface area contributed by atoms with Crippen LogP contribution in [0, 0.1) is 5.41 Å². The molecule has 1 aromatic carbocycles. The lowest BCUT2D eigenvalue weighted by Crippen LogP contribution is -2.49. The number of carbonyl (C=O) groups excluding carboxylic acids is 3. The van der Waals surface area contributed by atoms with Gasteiger partial charge in [0.05, 0.1) is 7.11 Å². The summed E-state index contributed by atoms with van der Waals surface area (Å²) < 4.78 is 43.9. The van der Waals surface area contributed by atoms with E-state index in [1.54, 1.807) is 45.0 Å². The van der Waals surface area contributed by atoms with Crippen molar-refractivity contribution < 1.29 is 32.3 Å². The molecule has 0 radical (unpaired) electrons. The van der Waals surface area contributed by atoms with Gasteiger partial charge in [-0.05, 0) is 30.0 Å². The summed E-state index contributed by atoms with van der Waals surface area (Å²) >= 11 is 0. The Bertz CT molecular complexity index is 802. The van der Waals surface area contributed by atoms with E-state index in [-0.39, 0.29) is 6.54 Å². The van der Waals surface area contributed by atoms with Crippen LogP contribution in [0.2, 0.25) is 0 Å². The second-order valence-electron chi connectivity index (χ2n) is 8.60. The van der Waals surface area contributed by atoms with Crippen LogP contribution in [0.5, 0.6) is 5.75 Å².